The van der Waals surface area contributed by atoms with E-state index in [0.717, 1.165) is 16.7 Å². The monoisotopic (exact) mass is 321 g/mol. The molecule has 0 saturated carbocycles. The number of hydrogen-bond acceptors (Lipinski definition) is 6. The lowest BCUT2D eigenvalue weighted by molar-refractivity contribution is -0.150. The van der Waals surface area contributed by atoms with Gasteiger partial charge in [-0.1, -0.05) is 12.1 Å². The molecular formula is C15H15NO5S. The van der Waals surface area contributed by atoms with Gasteiger partial charge in [-0.05, 0) is 49.4 Å². The standard InChI is InChI=1S/C15H15NO5S/c1-3-21-14(19)9(2)16-13(18)12(22-15(16)20)8-10-4-6-11(17)7-5-10/h4-9,17H,3H2,1-2H3/b12-8+. The van der Waals surface area contributed by atoms with Crippen molar-refractivity contribution in [1.82, 2.24) is 4.90 Å². The van der Waals surface area contributed by atoms with Gasteiger partial charge in [0.2, 0.25) is 0 Å². The lowest BCUT2D eigenvalue weighted by atomic mass is 10.2. The van der Waals surface area contributed by atoms with E-state index >= 15 is 0 Å². The van der Waals surface area contributed by atoms with Crippen LogP contribution >= 0.6 is 11.8 Å². The number of thioether (sulfide) groups is 1. The lowest BCUT2D eigenvalue weighted by Crippen LogP contribution is -2.42. The van der Waals surface area contributed by atoms with E-state index in [0.29, 0.717) is 5.56 Å². The molecule has 1 aromatic carbocycles. The number of aromatic hydroxyl groups is 1. The zero-order chi connectivity index (χ0) is 16.3. The van der Waals surface area contributed by atoms with Gasteiger partial charge in [-0.3, -0.25) is 14.5 Å². The highest BCUT2D eigenvalue weighted by atomic mass is 32.2. The van der Waals surface area contributed by atoms with Gasteiger partial charge in [-0.25, -0.2) is 4.79 Å². The Hall–Kier alpha value is -2.28. The van der Waals surface area contributed by atoms with Crippen LogP contribution in [0.4, 0.5) is 4.79 Å². The number of ether oxygens (including phenoxy) is 1. The van der Waals surface area contributed by atoms with Crippen LogP contribution in [0.3, 0.4) is 0 Å². The topological polar surface area (TPSA) is 83.9 Å². The molecule has 116 valence electrons. The van der Waals surface area contributed by atoms with Crippen LogP contribution in [0.25, 0.3) is 6.08 Å². The van der Waals surface area contributed by atoms with Gasteiger partial charge in [-0.15, -0.1) is 0 Å². The van der Waals surface area contributed by atoms with Crippen molar-refractivity contribution in [1.29, 1.82) is 0 Å². The van der Waals surface area contributed by atoms with E-state index in [4.69, 9.17) is 4.74 Å². The van der Waals surface area contributed by atoms with Crippen molar-refractivity contribution in [2.24, 2.45) is 0 Å². The van der Waals surface area contributed by atoms with Crippen molar-refractivity contribution in [2.75, 3.05) is 6.61 Å². The maximum Gasteiger partial charge on any atom is 0.329 e. The molecule has 6 nitrogen and oxygen atoms in total. The van der Waals surface area contributed by atoms with Crippen molar-refractivity contribution in [3.8, 4) is 5.75 Å². The van der Waals surface area contributed by atoms with Crippen LogP contribution in [-0.4, -0.2) is 39.8 Å². The maximum absolute atomic E-state index is 12.3. The molecule has 0 radical (unpaired) electrons. The molecule has 1 heterocycles. The van der Waals surface area contributed by atoms with Crippen molar-refractivity contribution in [3.63, 3.8) is 0 Å². The number of imide groups is 1. The minimum absolute atomic E-state index is 0.112. The first kappa shape index (κ1) is 16.1. The number of amides is 2. The van der Waals surface area contributed by atoms with E-state index < -0.39 is 23.2 Å². The van der Waals surface area contributed by atoms with E-state index in [1.54, 1.807) is 25.1 Å². The normalized spacial score (nSPS) is 17.9. The van der Waals surface area contributed by atoms with Gasteiger partial charge in [0.25, 0.3) is 11.1 Å². The van der Waals surface area contributed by atoms with E-state index in [1.807, 2.05) is 0 Å². The Morgan fingerprint density at radius 3 is 2.59 bits per heavy atom. The predicted molar refractivity (Wildman–Crippen MR) is 82.0 cm³/mol. The Morgan fingerprint density at radius 2 is 2.00 bits per heavy atom. The van der Waals surface area contributed by atoms with Gasteiger partial charge in [0.1, 0.15) is 11.8 Å². The van der Waals surface area contributed by atoms with E-state index in [2.05, 4.69) is 0 Å². The summed E-state index contributed by atoms with van der Waals surface area (Å²) in [6, 6.07) is 5.25. The quantitative estimate of drug-likeness (QED) is 0.677. The molecule has 0 spiro atoms. The molecule has 22 heavy (non-hydrogen) atoms. The molecule has 1 fully saturated rings. The fourth-order valence-corrected chi connectivity index (χ4v) is 2.81. The third-order valence-corrected chi connectivity index (χ3v) is 3.91. The summed E-state index contributed by atoms with van der Waals surface area (Å²) >= 11 is 0.773. The molecule has 0 aliphatic carbocycles. The number of hydrogen-bond donors (Lipinski definition) is 1. The van der Waals surface area contributed by atoms with Crippen molar-refractivity contribution in [2.45, 2.75) is 19.9 Å². The average molecular weight is 321 g/mol. The van der Waals surface area contributed by atoms with E-state index in [1.165, 1.54) is 19.1 Å². The summed E-state index contributed by atoms with van der Waals surface area (Å²) in [5.41, 5.74) is 0.673. The van der Waals surface area contributed by atoms with E-state index in [9.17, 15) is 19.5 Å². The molecule has 0 aromatic heterocycles. The molecule has 2 amide bonds. The van der Waals surface area contributed by atoms with Crippen molar-refractivity contribution >= 4 is 35.0 Å². The SMILES string of the molecule is CCOC(=O)C(C)N1C(=O)S/C(=C/c2ccc(O)cc2)C1=O. The Bertz CT molecular complexity index is 638. The molecule has 2 rings (SSSR count). The largest absolute Gasteiger partial charge is 0.508 e. The smallest absolute Gasteiger partial charge is 0.329 e. The highest BCUT2D eigenvalue weighted by molar-refractivity contribution is 8.18. The Balaban J connectivity index is 2.21. The summed E-state index contributed by atoms with van der Waals surface area (Å²) in [6.07, 6.45) is 1.54. The number of phenols is 1. The molecule has 1 aromatic rings. The van der Waals surface area contributed by atoms with Gasteiger partial charge >= 0.3 is 5.97 Å². The lowest BCUT2D eigenvalue weighted by Gasteiger charge is -2.19. The van der Waals surface area contributed by atoms with Crippen LogP contribution < -0.4 is 0 Å². The van der Waals surface area contributed by atoms with E-state index in [-0.39, 0.29) is 17.3 Å². The van der Waals surface area contributed by atoms with Crippen molar-refractivity contribution in [3.05, 3.63) is 34.7 Å². The van der Waals surface area contributed by atoms with Gasteiger partial charge < -0.3 is 9.84 Å². The summed E-state index contributed by atoms with van der Waals surface area (Å²) in [5.74, 6) is -1.03. The number of carbonyl (C=O) groups excluding carboxylic acids is 3. The summed E-state index contributed by atoms with van der Waals surface area (Å²) < 4.78 is 4.84. The van der Waals surface area contributed by atoms with Crippen LogP contribution in [0.2, 0.25) is 0 Å². The zero-order valence-corrected chi connectivity index (χ0v) is 12.9. The Labute approximate surface area is 131 Å². The number of phenolic OH excluding ortho intramolecular Hbond substituents is 1. The molecule has 1 atom stereocenters. The zero-order valence-electron chi connectivity index (χ0n) is 12.1. The molecule has 1 unspecified atom stereocenters. The number of nitrogens with zero attached hydrogens (tertiary/aromatic N) is 1. The maximum atomic E-state index is 12.3. The fourth-order valence-electron chi connectivity index (χ4n) is 1.90. The highest BCUT2D eigenvalue weighted by Gasteiger charge is 2.41. The summed E-state index contributed by atoms with van der Waals surface area (Å²) in [4.78, 5) is 37.1. The molecule has 1 aliphatic rings. The Morgan fingerprint density at radius 1 is 1.36 bits per heavy atom. The van der Waals surface area contributed by atoms with Crippen molar-refractivity contribution < 1.29 is 24.2 Å². The third kappa shape index (κ3) is 3.30. The summed E-state index contributed by atoms with van der Waals surface area (Å²) in [7, 11) is 0. The first-order chi connectivity index (χ1) is 10.4. The van der Waals surface area contributed by atoms with Crippen LogP contribution in [0, 0.1) is 0 Å². The molecular weight excluding hydrogens is 306 g/mol. The first-order valence-corrected chi connectivity index (χ1v) is 7.48. The molecule has 1 aliphatic heterocycles. The predicted octanol–water partition coefficient (Wildman–Crippen LogP) is 2.38. The second kappa shape index (κ2) is 6.65. The number of esters is 1. The molecule has 1 N–H and O–H groups in total. The fraction of sp³-hybridized carbons (Fsp3) is 0.267. The van der Waals surface area contributed by atoms with Gasteiger partial charge in [0.05, 0.1) is 11.5 Å². The first-order valence-electron chi connectivity index (χ1n) is 6.66. The van der Waals surface area contributed by atoms with Crippen LogP contribution in [0.1, 0.15) is 19.4 Å². The second-order valence-electron chi connectivity index (χ2n) is 4.57. The van der Waals surface area contributed by atoms with Gasteiger partial charge in [0, 0.05) is 0 Å². The van der Waals surface area contributed by atoms with Crippen LogP contribution in [-0.2, 0) is 14.3 Å². The number of carbonyl (C=O) groups is 3. The minimum atomic E-state index is -0.960. The Kier molecular flexibility index (Phi) is 4.87. The van der Waals surface area contributed by atoms with Gasteiger partial charge in [0.15, 0.2) is 0 Å². The number of benzene rings is 1. The van der Waals surface area contributed by atoms with Gasteiger partial charge in [-0.2, -0.15) is 0 Å². The summed E-state index contributed by atoms with van der Waals surface area (Å²) in [5, 5.41) is 8.73. The number of rotatable bonds is 4. The second-order valence-corrected chi connectivity index (χ2v) is 5.56. The minimum Gasteiger partial charge on any atom is -0.508 e. The molecule has 7 heteroatoms. The third-order valence-electron chi connectivity index (χ3n) is 3.03. The average Bonchev–Trinajstić information content (AvgIpc) is 2.75. The molecule has 1 saturated heterocycles. The molecule has 0 bridgehead atoms. The highest BCUT2D eigenvalue weighted by Crippen LogP contribution is 2.33. The van der Waals surface area contributed by atoms with Crippen LogP contribution in [0.5, 0.6) is 5.75 Å². The summed E-state index contributed by atoms with van der Waals surface area (Å²) in [6.45, 7) is 3.30. The van der Waals surface area contributed by atoms with Crippen LogP contribution in [0.15, 0.2) is 29.2 Å².